The van der Waals surface area contributed by atoms with Crippen LogP contribution in [0.25, 0.3) is 6.08 Å². The van der Waals surface area contributed by atoms with Crippen molar-refractivity contribution in [2.45, 2.75) is 64.3 Å². The summed E-state index contributed by atoms with van der Waals surface area (Å²) in [6.45, 7) is 9.02. The van der Waals surface area contributed by atoms with E-state index < -0.39 is 0 Å². The van der Waals surface area contributed by atoms with Gasteiger partial charge >= 0.3 is 0 Å². The van der Waals surface area contributed by atoms with Gasteiger partial charge < -0.3 is 0 Å². The minimum atomic E-state index is 0.861. The largest absolute Gasteiger partial charge is 0.300 e. The van der Waals surface area contributed by atoms with E-state index in [0.717, 1.165) is 30.2 Å². The first kappa shape index (κ1) is 16.4. The molecule has 0 N–H and O–H groups in total. The van der Waals surface area contributed by atoms with Gasteiger partial charge in [-0.1, -0.05) is 50.6 Å². The number of hydrogen-bond donors (Lipinski definition) is 0. The van der Waals surface area contributed by atoms with Gasteiger partial charge in [-0.25, -0.2) is 0 Å². The summed E-state index contributed by atoms with van der Waals surface area (Å²) in [5, 5.41) is 0. The predicted molar refractivity (Wildman–Crippen MR) is 103 cm³/mol. The van der Waals surface area contributed by atoms with Crippen molar-refractivity contribution in [3.63, 3.8) is 0 Å². The normalized spacial score (nSPS) is 33.0. The first-order chi connectivity index (χ1) is 11.8. The summed E-state index contributed by atoms with van der Waals surface area (Å²) in [5.41, 5.74) is 4.33. The monoisotopic (exact) mass is 323 g/mol. The van der Waals surface area contributed by atoms with Gasteiger partial charge in [0.25, 0.3) is 0 Å². The maximum atomic E-state index is 3.96. The third-order valence-corrected chi connectivity index (χ3v) is 7.15. The van der Waals surface area contributed by atoms with Crippen molar-refractivity contribution < 1.29 is 0 Å². The zero-order valence-electron chi connectivity index (χ0n) is 15.3. The molecule has 1 saturated heterocycles. The maximum absolute atomic E-state index is 3.96. The third-order valence-electron chi connectivity index (χ3n) is 7.15. The van der Waals surface area contributed by atoms with Crippen molar-refractivity contribution in [2.75, 3.05) is 13.1 Å². The van der Waals surface area contributed by atoms with Gasteiger partial charge in [0.2, 0.25) is 0 Å². The molecule has 1 aliphatic heterocycles. The van der Waals surface area contributed by atoms with Gasteiger partial charge in [0.1, 0.15) is 0 Å². The molecule has 2 aliphatic carbocycles. The molecule has 3 fully saturated rings. The van der Waals surface area contributed by atoms with Crippen molar-refractivity contribution in [1.29, 1.82) is 0 Å². The minimum Gasteiger partial charge on any atom is -0.300 e. The van der Waals surface area contributed by atoms with E-state index in [1.54, 1.807) is 5.56 Å². The van der Waals surface area contributed by atoms with Crippen LogP contribution >= 0.6 is 0 Å². The molecular formula is C23H33N. The molecule has 3 aliphatic rings. The van der Waals surface area contributed by atoms with Crippen molar-refractivity contribution in [1.82, 2.24) is 4.90 Å². The lowest BCUT2D eigenvalue weighted by Gasteiger charge is -2.30. The molecule has 1 nitrogen and oxygen atoms in total. The molecule has 1 aromatic rings. The van der Waals surface area contributed by atoms with E-state index in [1.807, 2.05) is 6.08 Å². The summed E-state index contributed by atoms with van der Waals surface area (Å²) in [6, 6.07) is 7.94. The molecule has 0 spiro atoms. The number of hydrogen-bond acceptors (Lipinski definition) is 1. The van der Waals surface area contributed by atoms with Crippen molar-refractivity contribution in [3.8, 4) is 0 Å². The SMILES string of the molecule is C=Cc1ccc(CC2CCCC2N2CC3CCCC3C2)cc1CC. The van der Waals surface area contributed by atoms with Gasteiger partial charge in [-0.3, -0.25) is 4.90 Å². The lowest BCUT2D eigenvalue weighted by atomic mass is 9.91. The summed E-state index contributed by atoms with van der Waals surface area (Å²) >= 11 is 0. The molecule has 4 unspecified atom stereocenters. The molecule has 0 aromatic heterocycles. The van der Waals surface area contributed by atoms with Crippen LogP contribution in [0.2, 0.25) is 0 Å². The molecule has 1 aromatic carbocycles. The van der Waals surface area contributed by atoms with Crippen LogP contribution in [0, 0.1) is 17.8 Å². The van der Waals surface area contributed by atoms with Gasteiger partial charge in [-0.2, -0.15) is 0 Å². The number of likely N-dealkylation sites (tertiary alicyclic amines) is 1. The van der Waals surface area contributed by atoms with Crippen LogP contribution in [0.15, 0.2) is 24.8 Å². The predicted octanol–water partition coefficient (Wildman–Crippen LogP) is 5.34. The maximum Gasteiger partial charge on any atom is 0.0127 e. The van der Waals surface area contributed by atoms with Crippen LogP contribution in [-0.2, 0) is 12.8 Å². The highest BCUT2D eigenvalue weighted by Gasteiger charge is 2.41. The Balaban J connectivity index is 1.45. The Morgan fingerprint density at radius 3 is 2.54 bits per heavy atom. The van der Waals surface area contributed by atoms with E-state index in [-0.39, 0.29) is 0 Å². The van der Waals surface area contributed by atoms with Crippen LogP contribution in [0.1, 0.15) is 62.1 Å². The van der Waals surface area contributed by atoms with E-state index in [4.69, 9.17) is 0 Å². The fraction of sp³-hybridized carbons (Fsp3) is 0.652. The van der Waals surface area contributed by atoms with E-state index in [9.17, 15) is 0 Å². The Hall–Kier alpha value is -1.08. The Labute approximate surface area is 148 Å². The Morgan fingerprint density at radius 2 is 1.83 bits per heavy atom. The highest BCUT2D eigenvalue weighted by Crippen LogP contribution is 2.42. The minimum absolute atomic E-state index is 0.861. The Bertz CT molecular complexity index is 578. The van der Waals surface area contributed by atoms with Gasteiger partial charge in [-0.15, -0.1) is 0 Å². The first-order valence-corrected chi connectivity index (χ1v) is 10.3. The molecule has 1 heterocycles. The summed E-state index contributed by atoms with van der Waals surface area (Å²) in [7, 11) is 0. The quantitative estimate of drug-likeness (QED) is 0.707. The van der Waals surface area contributed by atoms with Crippen molar-refractivity contribution in [2.24, 2.45) is 17.8 Å². The van der Waals surface area contributed by atoms with Crippen LogP contribution in [-0.4, -0.2) is 24.0 Å². The van der Waals surface area contributed by atoms with Crippen LogP contribution < -0.4 is 0 Å². The molecule has 0 bridgehead atoms. The fourth-order valence-electron chi connectivity index (χ4n) is 5.87. The van der Waals surface area contributed by atoms with E-state index in [1.165, 1.54) is 69.2 Å². The third kappa shape index (κ3) is 3.08. The summed E-state index contributed by atoms with van der Waals surface area (Å²) in [5.74, 6) is 2.94. The number of fused-ring (bicyclic) bond motifs is 1. The molecule has 0 radical (unpaired) electrons. The molecule has 0 amide bonds. The van der Waals surface area contributed by atoms with Crippen molar-refractivity contribution in [3.05, 3.63) is 41.5 Å². The topological polar surface area (TPSA) is 3.24 Å². The highest BCUT2D eigenvalue weighted by atomic mass is 15.2. The van der Waals surface area contributed by atoms with E-state index in [2.05, 4.69) is 36.6 Å². The molecule has 2 saturated carbocycles. The zero-order valence-corrected chi connectivity index (χ0v) is 15.3. The number of aryl methyl sites for hydroxylation is 1. The molecule has 1 heteroatoms. The van der Waals surface area contributed by atoms with Crippen LogP contribution in [0.4, 0.5) is 0 Å². The molecule has 130 valence electrons. The number of rotatable bonds is 5. The Kier molecular flexibility index (Phi) is 4.81. The summed E-state index contributed by atoms with van der Waals surface area (Å²) < 4.78 is 0. The number of benzene rings is 1. The summed E-state index contributed by atoms with van der Waals surface area (Å²) in [6.07, 6.45) is 13.2. The molecule has 4 rings (SSSR count). The number of nitrogens with zero attached hydrogens (tertiary/aromatic N) is 1. The Morgan fingerprint density at radius 1 is 1.08 bits per heavy atom. The first-order valence-electron chi connectivity index (χ1n) is 10.3. The average molecular weight is 324 g/mol. The van der Waals surface area contributed by atoms with Crippen LogP contribution in [0.3, 0.4) is 0 Å². The zero-order chi connectivity index (χ0) is 16.5. The van der Waals surface area contributed by atoms with Crippen LogP contribution in [0.5, 0.6) is 0 Å². The lowest BCUT2D eigenvalue weighted by Crippen LogP contribution is -2.37. The second kappa shape index (κ2) is 7.04. The smallest absolute Gasteiger partial charge is 0.0127 e. The fourth-order valence-corrected chi connectivity index (χ4v) is 5.87. The molecule has 24 heavy (non-hydrogen) atoms. The standard InChI is InChI=1S/C23H33N/c1-3-18-12-11-17(13-19(18)4-2)14-20-7-6-10-23(20)24-15-21-8-5-9-22(21)16-24/h3,11-13,20-23H,1,4-10,14-16H2,2H3. The van der Waals surface area contributed by atoms with Gasteiger partial charge in [0, 0.05) is 19.1 Å². The molecular weight excluding hydrogens is 290 g/mol. The summed E-state index contributed by atoms with van der Waals surface area (Å²) in [4.78, 5) is 2.89. The molecule has 4 atom stereocenters. The van der Waals surface area contributed by atoms with Gasteiger partial charge in [-0.05, 0) is 73.0 Å². The van der Waals surface area contributed by atoms with Crippen molar-refractivity contribution >= 4 is 6.08 Å². The van der Waals surface area contributed by atoms with Gasteiger partial charge in [0.15, 0.2) is 0 Å². The second-order valence-corrected chi connectivity index (χ2v) is 8.46. The average Bonchev–Trinajstić information content (AvgIpc) is 3.29. The van der Waals surface area contributed by atoms with E-state index in [0.29, 0.717) is 0 Å². The highest BCUT2D eigenvalue weighted by molar-refractivity contribution is 5.53. The second-order valence-electron chi connectivity index (χ2n) is 8.46. The van der Waals surface area contributed by atoms with Gasteiger partial charge in [0.05, 0.1) is 0 Å². The lowest BCUT2D eigenvalue weighted by molar-refractivity contribution is 0.182. The van der Waals surface area contributed by atoms with E-state index >= 15 is 0 Å².